The Bertz CT molecular complexity index is 1210. The topological polar surface area (TPSA) is 95.7 Å². The predicted molar refractivity (Wildman–Crippen MR) is 116 cm³/mol. The van der Waals surface area contributed by atoms with Crippen molar-refractivity contribution < 1.29 is 27.9 Å². The van der Waals surface area contributed by atoms with E-state index in [1.165, 1.54) is 11.1 Å². The van der Waals surface area contributed by atoms with Crippen LogP contribution in [0.5, 0.6) is 0 Å². The number of hydrogen-bond acceptors (Lipinski definition) is 4. The Morgan fingerprint density at radius 2 is 1.94 bits per heavy atom. The molecule has 3 heterocycles. The number of nitrogens with zero attached hydrogens (tertiary/aromatic N) is 2. The van der Waals surface area contributed by atoms with Crippen LogP contribution < -0.4 is 5.32 Å². The summed E-state index contributed by atoms with van der Waals surface area (Å²) < 4.78 is 32.7. The molecule has 1 aliphatic heterocycles. The van der Waals surface area contributed by atoms with E-state index < -0.39 is 12.0 Å². The lowest BCUT2D eigenvalue weighted by molar-refractivity contribution is -0.0494. The highest BCUT2D eigenvalue weighted by molar-refractivity contribution is 5.94. The highest BCUT2D eigenvalue weighted by Gasteiger charge is 2.36. The van der Waals surface area contributed by atoms with Gasteiger partial charge in [0, 0.05) is 43.1 Å². The van der Waals surface area contributed by atoms with Crippen LogP contribution in [-0.2, 0) is 6.54 Å². The van der Waals surface area contributed by atoms with Crippen molar-refractivity contribution in [3.8, 4) is 11.3 Å². The molecule has 0 unspecified atom stereocenters. The van der Waals surface area contributed by atoms with Crippen LogP contribution in [0.4, 0.5) is 13.6 Å². The fourth-order valence-corrected chi connectivity index (χ4v) is 4.24. The highest BCUT2D eigenvalue weighted by Crippen LogP contribution is 2.45. The minimum Gasteiger partial charge on any atom is -0.465 e. The smallest absolute Gasteiger partial charge is 0.405 e. The molecule has 1 saturated heterocycles. The second-order valence-corrected chi connectivity index (χ2v) is 8.71. The van der Waals surface area contributed by atoms with Crippen molar-refractivity contribution in [2.75, 3.05) is 13.1 Å². The number of carbonyl (C=O) groups is 2. The van der Waals surface area contributed by atoms with Crippen molar-refractivity contribution in [1.29, 1.82) is 0 Å². The number of likely N-dealkylation sites (tertiary alicyclic amines) is 1. The van der Waals surface area contributed by atoms with Crippen LogP contribution in [0.25, 0.3) is 22.2 Å². The Labute approximate surface area is 188 Å². The van der Waals surface area contributed by atoms with E-state index in [9.17, 15) is 18.4 Å². The standard InChI is InChI=1S/C24H23F2N3O4/c25-24(26)5-7-29(8-6-24)22(30)15-3-4-20(27-12-15)16-9-17-10-18(13-28-23(31)32)33-21(17)19(11-16)14-1-2-14/h3-4,9-12,14,28H,1-2,5-8,13H2,(H,31,32). The molecular weight excluding hydrogens is 432 g/mol. The fraction of sp³-hybridized carbons (Fsp3) is 0.375. The summed E-state index contributed by atoms with van der Waals surface area (Å²) in [6, 6.07) is 9.23. The van der Waals surface area contributed by atoms with Crippen LogP contribution in [-0.4, -0.2) is 46.0 Å². The van der Waals surface area contributed by atoms with Crippen LogP contribution in [0.3, 0.4) is 0 Å². The Kier molecular flexibility index (Phi) is 5.26. The molecule has 5 rings (SSSR count). The summed E-state index contributed by atoms with van der Waals surface area (Å²) in [6.45, 7) is 0.157. The number of piperidine rings is 1. The summed E-state index contributed by atoms with van der Waals surface area (Å²) in [5.74, 6) is -2.05. The SMILES string of the molecule is O=C(O)NCc1cc2cc(-c3ccc(C(=O)N4CCC(F)(F)CC4)cn3)cc(C3CC3)c2o1. The van der Waals surface area contributed by atoms with Crippen LogP contribution >= 0.6 is 0 Å². The van der Waals surface area contributed by atoms with E-state index in [0.717, 1.165) is 34.9 Å². The van der Waals surface area contributed by atoms with Crippen molar-refractivity contribution >= 4 is 23.0 Å². The van der Waals surface area contributed by atoms with E-state index in [-0.39, 0.29) is 38.4 Å². The number of fused-ring (bicyclic) bond motifs is 1. The van der Waals surface area contributed by atoms with Crippen molar-refractivity contribution in [2.45, 2.75) is 44.1 Å². The molecule has 1 aromatic carbocycles. The number of pyridine rings is 1. The normalized spacial score (nSPS) is 17.8. The Morgan fingerprint density at radius 3 is 2.58 bits per heavy atom. The largest absolute Gasteiger partial charge is 0.465 e. The highest BCUT2D eigenvalue weighted by atomic mass is 19.3. The van der Waals surface area contributed by atoms with E-state index in [2.05, 4.69) is 10.3 Å². The molecule has 3 aromatic rings. The van der Waals surface area contributed by atoms with Gasteiger partial charge in [0.15, 0.2) is 0 Å². The number of carbonyl (C=O) groups excluding carboxylic acids is 1. The summed E-state index contributed by atoms with van der Waals surface area (Å²) in [7, 11) is 0. The van der Waals surface area contributed by atoms with Gasteiger partial charge in [-0.3, -0.25) is 9.78 Å². The summed E-state index contributed by atoms with van der Waals surface area (Å²) in [5.41, 5.74) is 3.77. The molecule has 2 aromatic heterocycles. The summed E-state index contributed by atoms with van der Waals surface area (Å²) >= 11 is 0. The molecule has 2 amide bonds. The monoisotopic (exact) mass is 455 g/mol. The lowest BCUT2D eigenvalue weighted by Crippen LogP contribution is -2.42. The molecule has 2 fully saturated rings. The van der Waals surface area contributed by atoms with Crippen LogP contribution in [0.15, 0.2) is 40.9 Å². The van der Waals surface area contributed by atoms with Crippen molar-refractivity contribution in [3.05, 3.63) is 53.4 Å². The van der Waals surface area contributed by atoms with Crippen LogP contribution in [0, 0.1) is 0 Å². The third kappa shape index (κ3) is 4.53. The zero-order valence-corrected chi connectivity index (χ0v) is 17.8. The first-order valence-electron chi connectivity index (χ1n) is 11.0. The molecule has 172 valence electrons. The third-order valence-electron chi connectivity index (χ3n) is 6.22. The average Bonchev–Trinajstić information content (AvgIpc) is 3.55. The predicted octanol–water partition coefficient (Wildman–Crippen LogP) is 5.01. The number of aromatic nitrogens is 1. The maximum absolute atomic E-state index is 13.4. The third-order valence-corrected chi connectivity index (χ3v) is 6.22. The lowest BCUT2D eigenvalue weighted by Gasteiger charge is -2.31. The molecule has 0 bridgehead atoms. The maximum Gasteiger partial charge on any atom is 0.405 e. The van der Waals surface area contributed by atoms with E-state index >= 15 is 0 Å². The van der Waals surface area contributed by atoms with Gasteiger partial charge < -0.3 is 19.7 Å². The number of benzene rings is 1. The molecular formula is C24H23F2N3O4. The van der Waals surface area contributed by atoms with Gasteiger partial charge in [-0.15, -0.1) is 0 Å². The molecule has 7 nitrogen and oxygen atoms in total. The Hall–Kier alpha value is -3.49. The molecule has 2 N–H and O–H groups in total. The Balaban J connectivity index is 1.39. The second kappa shape index (κ2) is 8.13. The summed E-state index contributed by atoms with van der Waals surface area (Å²) in [6.07, 6.45) is 1.88. The van der Waals surface area contributed by atoms with Gasteiger partial charge in [0.1, 0.15) is 11.3 Å². The minimum absolute atomic E-state index is 0.0363. The number of amides is 2. The molecule has 0 spiro atoms. The quantitative estimate of drug-likeness (QED) is 0.564. The Morgan fingerprint density at radius 1 is 1.18 bits per heavy atom. The number of furan rings is 1. The zero-order valence-electron chi connectivity index (χ0n) is 17.8. The molecule has 0 atom stereocenters. The maximum atomic E-state index is 13.4. The molecule has 1 aliphatic carbocycles. The van der Waals surface area contributed by atoms with E-state index in [1.54, 1.807) is 12.1 Å². The van der Waals surface area contributed by atoms with Crippen molar-refractivity contribution in [1.82, 2.24) is 15.2 Å². The van der Waals surface area contributed by atoms with Gasteiger partial charge >= 0.3 is 6.09 Å². The number of alkyl halides is 2. The second-order valence-electron chi connectivity index (χ2n) is 8.71. The first-order valence-corrected chi connectivity index (χ1v) is 11.0. The number of hydrogen-bond donors (Lipinski definition) is 2. The van der Waals surface area contributed by atoms with E-state index in [1.807, 2.05) is 18.2 Å². The van der Waals surface area contributed by atoms with E-state index in [4.69, 9.17) is 9.52 Å². The fourth-order valence-electron chi connectivity index (χ4n) is 4.24. The lowest BCUT2D eigenvalue weighted by atomic mass is 10.0. The first kappa shape index (κ1) is 21.4. The van der Waals surface area contributed by atoms with Crippen LogP contribution in [0.1, 0.15) is 53.3 Å². The van der Waals surface area contributed by atoms with Gasteiger partial charge in [0.25, 0.3) is 11.8 Å². The van der Waals surface area contributed by atoms with Crippen LogP contribution in [0.2, 0.25) is 0 Å². The van der Waals surface area contributed by atoms with Gasteiger partial charge in [-0.1, -0.05) is 0 Å². The molecule has 1 saturated carbocycles. The number of carboxylic acid groups (broad SMARTS) is 1. The number of rotatable bonds is 5. The summed E-state index contributed by atoms with van der Waals surface area (Å²) in [4.78, 5) is 29.4. The molecule has 0 radical (unpaired) electrons. The van der Waals surface area contributed by atoms with Gasteiger partial charge in [0.05, 0.1) is 17.8 Å². The zero-order chi connectivity index (χ0) is 23.2. The van der Waals surface area contributed by atoms with Gasteiger partial charge in [-0.05, 0) is 54.7 Å². The molecule has 33 heavy (non-hydrogen) atoms. The number of halogens is 2. The number of nitrogens with one attached hydrogen (secondary N) is 1. The van der Waals surface area contributed by atoms with Gasteiger partial charge in [-0.2, -0.15) is 0 Å². The first-order chi connectivity index (χ1) is 15.8. The molecule has 2 aliphatic rings. The van der Waals surface area contributed by atoms with Crippen molar-refractivity contribution in [3.63, 3.8) is 0 Å². The summed E-state index contributed by atoms with van der Waals surface area (Å²) in [5, 5.41) is 12.0. The average molecular weight is 455 g/mol. The van der Waals surface area contributed by atoms with E-state index in [0.29, 0.717) is 22.9 Å². The van der Waals surface area contributed by atoms with Gasteiger partial charge in [-0.25, -0.2) is 13.6 Å². The minimum atomic E-state index is -2.70. The van der Waals surface area contributed by atoms with Crippen molar-refractivity contribution in [2.24, 2.45) is 0 Å². The van der Waals surface area contributed by atoms with Gasteiger partial charge in [0.2, 0.25) is 0 Å². The molecule has 9 heteroatoms.